The van der Waals surface area contributed by atoms with Crippen LogP contribution in [0.2, 0.25) is 0 Å². The molecule has 2 N–H and O–H groups in total. The maximum Gasteiger partial charge on any atom is 0.185 e. The number of piperazine rings is 1. The fraction of sp³-hybridized carbons (Fsp3) is 0.500. The molecule has 6 nitrogen and oxygen atoms in total. The van der Waals surface area contributed by atoms with Crippen molar-refractivity contribution in [2.24, 2.45) is 0 Å². The van der Waals surface area contributed by atoms with Crippen LogP contribution in [0.1, 0.15) is 0 Å². The number of nitrogen functional groups attached to an aromatic ring is 1. The molecular formula is C12H18N6S. The lowest BCUT2D eigenvalue weighted by atomic mass is 10.3. The Bertz CT molecular complexity index is 500. The lowest BCUT2D eigenvalue weighted by Crippen LogP contribution is -2.47. The highest BCUT2D eigenvalue weighted by atomic mass is 32.1. The van der Waals surface area contributed by atoms with E-state index in [2.05, 4.69) is 19.9 Å². The summed E-state index contributed by atoms with van der Waals surface area (Å²) in [6, 6.07) is 1.83. The average Bonchev–Trinajstić information content (AvgIpc) is 3.08. The average molecular weight is 278 g/mol. The van der Waals surface area contributed by atoms with Crippen molar-refractivity contribution in [3.63, 3.8) is 0 Å². The summed E-state index contributed by atoms with van der Waals surface area (Å²) in [6.07, 6.45) is 3.80. The molecule has 1 saturated heterocycles. The Labute approximate surface area is 116 Å². The van der Waals surface area contributed by atoms with Gasteiger partial charge in [-0.1, -0.05) is 0 Å². The van der Waals surface area contributed by atoms with Crippen LogP contribution in [0, 0.1) is 0 Å². The van der Waals surface area contributed by atoms with Crippen LogP contribution in [0.4, 0.5) is 10.9 Å². The van der Waals surface area contributed by atoms with Gasteiger partial charge in [0.25, 0.3) is 0 Å². The van der Waals surface area contributed by atoms with Gasteiger partial charge in [0.05, 0.1) is 6.54 Å². The molecule has 0 unspecified atom stereocenters. The van der Waals surface area contributed by atoms with Crippen molar-refractivity contribution in [2.45, 2.75) is 6.54 Å². The SMILES string of the molecule is Nc1ccn(CCN2CCN(c3nccs3)CC2)n1. The molecular weight excluding hydrogens is 260 g/mol. The topological polar surface area (TPSA) is 63.2 Å². The molecule has 3 rings (SSSR count). The van der Waals surface area contributed by atoms with Crippen molar-refractivity contribution in [2.75, 3.05) is 43.4 Å². The van der Waals surface area contributed by atoms with Gasteiger partial charge >= 0.3 is 0 Å². The number of anilines is 2. The van der Waals surface area contributed by atoms with E-state index in [-0.39, 0.29) is 0 Å². The minimum absolute atomic E-state index is 0.591. The monoisotopic (exact) mass is 278 g/mol. The molecule has 7 heteroatoms. The first-order chi connectivity index (χ1) is 9.31. The van der Waals surface area contributed by atoms with Gasteiger partial charge in [0, 0.05) is 50.5 Å². The van der Waals surface area contributed by atoms with Gasteiger partial charge in [-0.05, 0) is 6.07 Å². The lowest BCUT2D eigenvalue weighted by molar-refractivity contribution is 0.244. The Balaban J connectivity index is 1.45. The zero-order valence-electron chi connectivity index (χ0n) is 10.8. The molecule has 0 spiro atoms. The largest absolute Gasteiger partial charge is 0.382 e. The van der Waals surface area contributed by atoms with E-state index in [1.54, 1.807) is 11.3 Å². The number of hydrogen-bond acceptors (Lipinski definition) is 6. The molecule has 1 aliphatic heterocycles. The number of hydrogen-bond donors (Lipinski definition) is 1. The van der Waals surface area contributed by atoms with Gasteiger partial charge in [-0.25, -0.2) is 4.98 Å². The van der Waals surface area contributed by atoms with E-state index in [1.807, 2.05) is 28.5 Å². The highest BCUT2D eigenvalue weighted by Crippen LogP contribution is 2.18. The highest BCUT2D eigenvalue weighted by Gasteiger charge is 2.18. The summed E-state index contributed by atoms with van der Waals surface area (Å²) in [7, 11) is 0. The first-order valence-electron chi connectivity index (χ1n) is 6.47. The minimum Gasteiger partial charge on any atom is -0.382 e. The van der Waals surface area contributed by atoms with Crippen LogP contribution < -0.4 is 10.6 Å². The second-order valence-electron chi connectivity index (χ2n) is 4.65. The van der Waals surface area contributed by atoms with Gasteiger partial charge in [-0.15, -0.1) is 11.3 Å². The summed E-state index contributed by atoms with van der Waals surface area (Å²) >= 11 is 1.71. The van der Waals surface area contributed by atoms with Gasteiger partial charge in [-0.3, -0.25) is 9.58 Å². The maximum atomic E-state index is 5.60. The minimum atomic E-state index is 0.591. The second kappa shape index (κ2) is 5.58. The van der Waals surface area contributed by atoms with Gasteiger partial charge in [0.1, 0.15) is 5.82 Å². The van der Waals surface area contributed by atoms with E-state index in [4.69, 9.17) is 5.73 Å². The summed E-state index contributed by atoms with van der Waals surface area (Å²) in [4.78, 5) is 9.17. The molecule has 0 amide bonds. The molecule has 0 saturated carbocycles. The van der Waals surface area contributed by atoms with Crippen LogP contribution in [0.5, 0.6) is 0 Å². The Kier molecular flexibility index (Phi) is 3.65. The maximum absolute atomic E-state index is 5.60. The van der Waals surface area contributed by atoms with E-state index >= 15 is 0 Å². The molecule has 2 aromatic heterocycles. The summed E-state index contributed by atoms with van der Waals surface area (Å²) < 4.78 is 1.91. The van der Waals surface area contributed by atoms with E-state index in [9.17, 15) is 0 Å². The van der Waals surface area contributed by atoms with Crippen LogP contribution in [0.15, 0.2) is 23.8 Å². The third-order valence-corrected chi connectivity index (χ3v) is 4.20. The molecule has 0 radical (unpaired) electrons. The molecule has 0 aromatic carbocycles. The van der Waals surface area contributed by atoms with Gasteiger partial charge < -0.3 is 10.6 Å². The predicted octanol–water partition coefficient (Wildman–Crippen LogP) is 0.744. The van der Waals surface area contributed by atoms with Crippen LogP contribution in [0.3, 0.4) is 0 Å². The first-order valence-corrected chi connectivity index (χ1v) is 7.35. The second-order valence-corrected chi connectivity index (χ2v) is 5.52. The standard InChI is InChI=1S/C12H18N6S/c13-11-1-3-18(15-11)9-6-16-4-7-17(8-5-16)12-14-2-10-19-12/h1-3,10H,4-9H2,(H2,13,15). The Morgan fingerprint density at radius 2 is 2.05 bits per heavy atom. The smallest absolute Gasteiger partial charge is 0.185 e. The molecule has 1 aliphatic rings. The predicted molar refractivity (Wildman–Crippen MR) is 77.4 cm³/mol. The molecule has 0 atom stereocenters. The number of thiazole rings is 1. The number of aromatic nitrogens is 3. The van der Waals surface area contributed by atoms with Gasteiger partial charge in [-0.2, -0.15) is 5.10 Å². The molecule has 3 heterocycles. The Morgan fingerprint density at radius 1 is 1.21 bits per heavy atom. The van der Waals surface area contributed by atoms with Crippen molar-refractivity contribution in [1.29, 1.82) is 0 Å². The molecule has 1 fully saturated rings. The van der Waals surface area contributed by atoms with Gasteiger partial charge in [0.15, 0.2) is 5.13 Å². The Hall–Kier alpha value is -1.60. The summed E-state index contributed by atoms with van der Waals surface area (Å²) in [5.74, 6) is 0.591. The van der Waals surface area contributed by atoms with E-state index in [0.717, 1.165) is 44.4 Å². The van der Waals surface area contributed by atoms with Crippen molar-refractivity contribution in [1.82, 2.24) is 19.7 Å². The van der Waals surface area contributed by atoms with E-state index < -0.39 is 0 Å². The normalized spacial score (nSPS) is 16.9. The summed E-state index contributed by atoms with van der Waals surface area (Å²) in [5, 5.41) is 7.37. The highest BCUT2D eigenvalue weighted by molar-refractivity contribution is 7.13. The zero-order chi connectivity index (χ0) is 13.1. The Morgan fingerprint density at radius 3 is 2.68 bits per heavy atom. The molecule has 19 heavy (non-hydrogen) atoms. The van der Waals surface area contributed by atoms with Crippen LogP contribution in [-0.2, 0) is 6.54 Å². The molecule has 0 aliphatic carbocycles. The van der Waals surface area contributed by atoms with E-state index in [0.29, 0.717) is 5.82 Å². The third kappa shape index (κ3) is 3.05. The van der Waals surface area contributed by atoms with Crippen LogP contribution in [-0.4, -0.2) is 52.4 Å². The van der Waals surface area contributed by atoms with E-state index in [1.165, 1.54) is 0 Å². The third-order valence-electron chi connectivity index (χ3n) is 3.37. The number of rotatable bonds is 4. The van der Waals surface area contributed by atoms with Crippen LogP contribution >= 0.6 is 11.3 Å². The van der Waals surface area contributed by atoms with Gasteiger partial charge in [0.2, 0.25) is 0 Å². The molecule has 102 valence electrons. The zero-order valence-corrected chi connectivity index (χ0v) is 11.6. The van der Waals surface area contributed by atoms with Crippen molar-refractivity contribution < 1.29 is 0 Å². The molecule has 0 bridgehead atoms. The number of nitrogens with zero attached hydrogens (tertiary/aromatic N) is 5. The van der Waals surface area contributed by atoms with Crippen LogP contribution in [0.25, 0.3) is 0 Å². The summed E-state index contributed by atoms with van der Waals surface area (Å²) in [6.45, 7) is 6.18. The fourth-order valence-corrected chi connectivity index (χ4v) is 2.98. The quantitative estimate of drug-likeness (QED) is 0.894. The number of nitrogens with two attached hydrogens (primary N) is 1. The van der Waals surface area contributed by atoms with Crippen molar-refractivity contribution >= 4 is 22.3 Å². The van der Waals surface area contributed by atoms with Crippen molar-refractivity contribution in [3.05, 3.63) is 23.8 Å². The lowest BCUT2D eigenvalue weighted by Gasteiger charge is -2.34. The van der Waals surface area contributed by atoms with Crippen molar-refractivity contribution in [3.8, 4) is 0 Å². The molecule has 2 aromatic rings. The summed E-state index contributed by atoms with van der Waals surface area (Å²) in [5.41, 5.74) is 5.60. The fourth-order valence-electron chi connectivity index (χ4n) is 2.28. The first kappa shape index (κ1) is 12.4.